The van der Waals surface area contributed by atoms with Crippen LogP contribution in [0, 0.1) is 0 Å². The Morgan fingerprint density at radius 3 is 2.41 bits per heavy atom. The van der Waals surface area contributed by atoms with E-state index in [1.54, 1.807) is 0 Å². The van der Waals surface area contributed by atoms with E-state index in [4.69, 9.17) is 5.73 Å². The molecule has 0 spiro atoms. The maximum absolute atomic E-state index is 5.64. The molecule has 0 bridgehead atoms. The van der Waals surface area contributed by atoms with Gasteiger partial charge in [0.05, 0.1) is 11.4 Å². The molecule has 0 aliphatic carbocycles. The van der Waals surface area contributed by atoms with E-state index < -0.39 is 0 Å². The maximum Gasteiger partial charge on any atom is 0.0912 e. The van der Waals surface area contributed by atoms with E-state index in [-0.39, 0.29) is 5.54 Å². The number of rotatable bonds is 5. The molecule has 1 aromatic carbocycles. The molecule has 3 heteroatoms. The summed E-state index contributed by atoms with van der Waals surface area (Å²) in [4.78, 5) is 6.71. The summed E-state index contributed by atoms with van der Waals surface area (Å²) in [6.07, 6.45) is 0. The molecule has 3 nitrogen and oxygen atoms in total. The lowest BCUT2D eigenvalue weighted by Crippen LogP contribution is -2.36. The molecular weight excluding hydrogens is 210 g/mol. The van der Waals surface area contributed by atoms with E-state index in [9.17, 15) is 0 Å². The second-order valence-corrected chi connectivity index (χ2v) is 5.22. The van der Waals surface area contributed by atoms with Crippen molar-refractivity contribution >= 4 is 5.84 Å². The quantitative estimate of drug-likeness (QED) is 0.626. The van der Waals surface area contributed by atoms with Gasteiger partial charge >= 0.3 is 0 Å². The summed E-state index contributed by atoms with van der Waals surface area (Å²) in [6, 6.07) is 10.4. The van der Waals surface area contributed by atoms with Crippen LogP contribution in [0.25, 0.3) is 0 Å². The van der Waals surface area contributed by atoms with Gasteiger partial charge in [-0.2, -0.15) is 0 Å². The molecule has 0 atom stereocenters. The lowest BCUT2D eigenvalue weighted by molar-refractivity contribution is 0.264. The second kappa shape index (κ2) is 5.82. The van der Waals surface area contributed by atoms with Crippen LogP contribution < -0.4 is 5.73 Å². The fourth-order valence-corrected chi connectivity index (χ4v) is 2.12. The van der Waals surface area contributed by atoms with Crippen LogP contribution in [0.2, 0.25) is 0 Å². The second-order valence-electron chi connectivity index (χ2n) is 5.22. The molecule has 0 amide bonds. The number of likely N-dealkylation sites (N-methyl/N-ethyl adjacent to an activating group) is 1. The zero-order valence-corrected chi connectivity index (χ0v) is 11.3. The van der Waals surface area contributed by atoms with E-state index in [1.165, 1.54) is 5.56 Å². The molecule has 0 aliphatic rings. The number of hydrogen-bond donors (Lipinski definition) is 1. The van der Waals surface area contributed by atoms with Gasteiger partial charge in [-0.15, -0.1) is 0 Å². The molecule has 2 N–H and O–H groups in total. The van der Waals surface area contributed by atoms with Gasteiger partial charge in [-0.25, -0.2) is 0 Å². The van der Waals surface area contributed by atoms with E-state index in [2.05, 4.69) is 55.1 Å². The van der Waals surface area contributed by atoms with Gasteiger partial charge in [0.15, 0.2) is 0 Å². The van der Waals surface area contributed by atoms with Crippen LogP contribution in [-0.2, 0) is 6.54 Å². The van der Waals surface area contributed by atoms with Gasteiger partial charge in [-0.05, 0) is 33.4 Å². The molecule has 0 aliphatic heterocycles. The van der Waals surface area contributed by atoms with Crippen molar-refractivity contribution in [2.75, 3.05) is 13.6 Å². The Morgan fingerprint density at radius 2 is 1.88 bits per heavy atom. The first kappa shape index (κ1) is 13.7. The fourth-order valence-electron chi connectivity index (χ4n) is 2.12. The van der Waals surface area contributed by atoms with Crippen LogP contribution >= 0.6 is 0 Å². The monoisotopic (exact) mass is 233 g/mol. The Kier molecular flexibility index (Phi) is 4.70. The van der Waals surface area contributed by atoms with Gasteiger partial charge in [-0.3, -0.25) is 9.89 Å². The molecule has 0 fully saturated rings. The van der Waals surface area contributed by atoms with Crippen molar-refractivity contribution in [1.29, 1.82) is 0 Å². The van der Waals surface area contributed by atoms with Crippen molar-refractivity contribution < 1.29 is 0 Å². The zero-order chi connectivity index (χ0) is 12.9. The van der Waals surface area contributed by atoms with Crippen LogP contribution in [0.1, 0.15) is 26.3 Å². The number of benzene rings is 1. The first-order valence-corrected chi connectivity index (χ1v) is 5.93. The third-order valence-corrected chi connectivity index (χ3v) is 2.43. The van der Waals surface area contributed by atoms with E-state index >= 15 is 0 Å². The first-order chi connectivity index (χ1) is 7.89. The van der Waals surface area contributed by atoms with Crippen molar-refractivity contribution in [1.82, 2.24) is 4.90 Å². The third kappa shape index (κ3) is 5.50. The van der Waals surface area contributed by atoms with Gasteiger partial charge in [-0.1, -0.05) is 30.3 Å². The normalized spacial score (nSPS) is 13.1. The highest BCUT2D eigenvalue weighted by Crippen LogP contribution is 2.12. The Morgan fingerprint density at radius 1 is 1.29 bits per heavy atom. The number of hydrogen-bond acceptors (Lipinski definition) is 2. The lowest BCUT2D eigenvalue weighted by Gasteiger charge is -2.27. The average molecular weight is 233 g/mol. The maximum atomic E-state index is 5.64. The molecule has 0 saturated heterocycles. The molecule has 0 radical (unpaired) electrons. The predicted molar refractivity (Wildman–Crippen MR) is 74.2 cm³/mol. The van der Waals surface area contributed by atoms with Crippen molar-refractivity contribution in [3.63, 3.8) is 0 Å². The molecule has 0 unspecified atom stereocenters. The van der Waals surface area contributed by atoms with Crippen LogP contribution in [-0.4, -0.2) is 29.9 Å². The van der Waals surface area contributed by atoms with Gasteiger partial charge in [0.25, 0.3) is 0 Å². The Labute approximate surface area is 104 Å². The van der Waals surface area contributed by atoms with Crippen LogP contribution in [0.4, 0.5) is 0 Å². The predicted octanol–water partition coefficient (Wildman–Crippen LogP) is 2.27. The third-order valence-electron chi connectivity index (χ3n) is 2.43. The molecule has 1 rings (SSSR count). The average Bonchev–Trinajstić information content (AvgIpc) is 2.15. The van der Waals surface area contributed by atoms with E-state index in [1.807, 2.05) is 13.0 Å². The van der Waals surface area contributed by atoms with E-state index in [0.29, 0.717) is 5.84 Å². The summed E-state index contributed by atoms with van der Waals surface area (Å²) < 4.78 is 0. The minimum atomic E-state index is -0.137. The molecule has 0 aromatic heterocycles. The molecule has 0 saturated carbocycles. The first-order valence-electron chi connectivity index (χ1n) is 5.93. The summed E-state index contributed by atoms with van der Waals surface area (Å²) in [5, 5.41) is 0. The molecule has 0 heterocycles. The summed E-state index contributed by atoms with van der Waals surface area (Å²) in [5.74, 6) is 0.642. The number of nitrogens with two attached hydrogens (primary N) is 1. The van der Waals surface area contributed by atoms with Gasteiger partial charge in [0.1, 0.15) is 0 Å². The largest absolute Gasteiger partial charge is 0.388 e. The molecule has 94 valence electrons. The number of aliphatic imine (C=N–C) groups is 1. The zero-order valence-electron chi connectivity index (χ0n) is 11.3. The topological polar surface area (TPSA) is 41.6 Å². The summed E-state index contributed by atoms with van der Waals surface area (Å²) in [6.45, 7) is 7.86. The van der Waals surface area contributed by atoms with Gasteiger partial charge in [0.2, 0.25) is 0 Å². The van der Waals surface area contributed by atoms with Crippen molar-refractivity contribution in [3.05, 3.63) is 35.9 Å². The molecule has 1 aromatic rings. The van der Waals surface area contributed by atoms with Gasteiger partial charge in [0, 0.05) is 13.1 Å². The van der Waals surface area contributed by atoms with Crippen molar-refractivity contribution in [2.45, 2.75) is 32.9 Å². The fraction of sp³-hybridized carbons (Fsp3) is 0.500. The SMILES string of the molecule is CC(N)=NC(C)(C)CN(C)Cc1ccccc1. The minimum Gasteiger partial charge on any atom is -0.388 e. The van der Waals surface area contributed by atoms with Gasteiger partial charge < -0.3 is 5.73 Å². The molecular formula is C14H23N3. The lowest BCUT2D eigenvalue weighted by atomic mass is 10.1. The Balaban J connectivity index is 2.55. The standard InChI is InChI=1S/C14H23N3/c1-12(15)16-14(2,3)11-17(4)10-13-8-6-5-7-9-13/h5-9H,10-11H2,1-4H3,(H2,15,16). The molecule has 17 heavy (non-hydrogen) atoms. The van der Waals surface area contributed by atoms with Crippen LogP contribution in [0.5, 0.6) is 0 Å². The van der Waals surface area contributed by atoms with E-state index in [0.717, 1.165) is 13.1 Å². The number of amidine groups is 1. The highest BCUT2D eigenvalue weighted by Gasteiger charge is 2.18. The Hall–Kier alpha value is -1.35. The van der Waals surface area contributed by atoms with Crippen LogP contribution in [0.15, 0.2) is 35.3 Å². The van der Waals surface area contributed by atoms with Crippen molar-refractivity contribution in [2.24, 2.45) is 10.7 Å². The smallest absolute Gasteiger partial charge is 0.0912 e. The highest BCUT2D eigenvalue weighted by molar-refractivity contribution is 5.77. The van der Waals surface area contributed by atoms with Crippen LogP contribution in [0.3, 0.4) is 0 Å². The summed E-state index contributed by atoms with van der Waals surface area (Å²) >= 11 is 0. The Bertz CT molecular complexity index is 364. The highest BCUT2D eigenvalue weighted by atomic mass is 15.1. The summed E-state index contributed by atoms with van der Waals surface area (Å²) in [5.41, 5.74) is 6.82. The summed E-state index contributed by atoms with van der Waals surface area (Å²) in [7, 11) is 2.11. The van der Waals surface area contributed by atoms with Crippen molar-refractivity contribution in [3.8, 4) is 0 Å². The number of nitrogens with zero attached hydrogens (tertiary/aromatic N) is 2. The minimum absolute atomic E-state index is 0.137.